The molecular weight excluding hydrogens is 258 g/mol. The molecule has 3 rings (SSSR count). The number of aromatic nitrogens is 2. The summed E-state index contributed by atoms with van der Waals surface area (Å²) in [5.41, 5.74) is 0. The zero-order valence-electron chi connectivity index (χ0n) is 11.1. The van der Waals surface area contributed by atoms with Crippen molar-refractivity contribution in [2.24, 2.45) is 5.92 Å². The Morgan fingerprint density at radius 2 is 2.32 bits per heavy atom. The molecule has 0 saturated heterocycles. The lowest BCUT2D eigenvalue weighted by Crippen LogP contribution is -2.34. The third kappa shape index (κ3) is 2.87. The number of nitrogens with zero attached hydrogens (tertiary/aromatic N) is 2. The van der Waals surface area contributed by atoms with Crippen LogP contribution >= 0.6 is 11.3 Å². The lowest BCUT2D eigenvalue weighted by molar-refractivity contribution is 0.318. The van der Waals surface area contributed by atoms with E-state index in [-0.39, 0.29) is 0 Å². The summed E-state index contributed by atoms with van der Waals surface area (Å²) in [5.74, 6) is 2.21. The van der Waals surface area contributed by atoms with Crippen molar-refractivity contribution in [1.29, 1.82) is 0 Å². The van der Waals surface area contributed by atoms with Gasteiger partial charge in [-0.3, -0.25) is 0 Å². The summed E-state index contributed by atoms with van der Waals surface area (Å²) >= 11 is 1.64. The first-order valence-corrected chi connectivity index (χ1v) is 7.78. The molecule has 0 aliphatic heterocycles. The zero-order valence-corrected chi connectivity index (χ0v) is 11.9. The van der Waals surface area contributed by atoms with Gasteiger partial charge in [0.15, 0.2) is 0 Å². The molecule has 1 aliphatic rings. The predicted octanol–water partition coefficient (Wildman–Crippen LogP) is 3.12. The highest BCUT2D eigenvalue weighted by Crippen LogP contribution is 2.29. The SMILES string of the molecule is CNC(Cc1nc(-c2cccs2)no1)C1CCCC1. The molecule has 1 unspecified atom stereocenters. The molecule has 19 heavy (non-hydrogen) atoms. The first-order valence-electron chi connectivity index (χ1n) is 6.90. The largest absolute Gasteiger partial charge is 0.339 e. The average molecular weight is 277 g/mol. The van der Waals surface area contributed by atoms with Crippen molar-refractivity contribution >= 4 is 11.3 Å². The van der Waals surface area contributed by atoms with E-state index in [1.807, 2.05) is 24.6 Å². The molecule has 1 aliphatic carbocycles. The van der Waals surface area contributed by atoms with Crippen LogP contribution in [0.25, 0.3) is 10.7 Å². The Bertz CT molecular complexity index is 503. The Morgan fingerprint density at radius 3 is 3.00 bits per heavy atom. The topological polar surface area (TPSA) is 51.0 Å². The van der Waals surface area contributed by atoms with E-state index in [1.165, 1.54) is 25.7 Å². The maximum Gasteiger partial charge on any atom is 0.228 e. The van der Waals surface area contributed by atoms with Gasteiger partial charge < -0.3 is 9.84 Å². The molecule has 0 spiro atoms. The van der Waals surface area contributed by atoms with Crippen LogP contribution in [0.15, 0.2) is 22.0 Å². The van der Waals surface area contributed by atoms with Crippen LogP contribution in [0.1, 0.15) is 31.6 Å². The molecule has 1 N–H and O–H groups in total. The Hall–Kier alpha value is -1.20. The summed E-state index contributed by atoms with van der Waals surface area (Å²) in [6.45, 7) is 0. The van der Waals surface area contributed by atoms with E-state index in [1.54, 1.807) is 11.3 Å². The molecule has 2 aromatic heterocycles. The van der Waals surface area contributed by atoms with E-state index in [4.69, 9.17) is 4.52 Å². The third-order valence-corrected chi connectivity index (χ3v) is 4.81. The van der Waals surface area contributed by atoms with Crippen LogP contribution in [-0.2, 0) is 6.42 Å². The van der Waals surface area contributed by atoms with Crippen LogP contribution in [0.2, 0.25) is 0 Å². The molecule has 1 saturated carbocycles. The summed E-state index contributed by atoms with van der Waals surface area (Å²) in [4.78, 5) is 5.57. The van der Waals surface area contributed by atoms with Gasteiger partial charge in [-0.05, 0) is 37.3 Å². The number of hydrogen-bond donors (Lipinski definition) is 1. The number of thiophene rings is 1. The van der Waals surface area contributed by atoms with Crippen LogP contribution in [0.3, 0.4) is 0 Å². The Morgan fingerprint density at radius 1 is 1.47 bits per heavy atom. The van der Waals surface area contributed by atoms with Gasteiger partial charge in [0.25, 0.3) is 0 Å². The maximum atomic E-state index is 5.39. The van der Waals surface area contributed by atoms with Crippen LogP contribution < -0.4 is 5.32 Å². The molecule has 0 aromatic carbocycles. The third-order valence-electron chi connectivity index (χ3n) is 3.94. The van der Waals surface area contributed by atoms with E-state index >= 15 is 0 Å². The maximum absolute atomic E-state index is 5.39. The van der Waals surface area contributed by atoms with Crippen molar-refractivity contribution < 1.29 is 4.52 Å². The van der Waals surface area contributed by atoms with Gasteiger partial charge >= 0.3 is 0 Å². The molecule has 102 valence electrons. The second kappa shape index (κ2) is 5.84. The van der Waals surface area contributed by atoms with Crippen LogP contribution in [0, 0.1) is 5.92 Å². The first-order chi connectivity index (χ1) is 9.36. The predicted molar refractivity (Wildman–Crippen MR) is 76.1 cm³/mol. The molecule has 2 aromatic rings. The van der Waals surface area contributed by atoms with Crippen molar-refractivity contribution in [1.82, 2.24) is 15.5 Å². The molecule has 2 heterocycles. The molecule has 1 fully saturated rings. The smallest absolute Gasteiger partial charge is 0.228 e. The highest BCUT2D eigenvalue weighted by atomic mass is 32.1. The number of likely N-dealkylation sites (N-methyl/N-ethyl adjacent to an activating group) is 1. The summed E-state index contributed by atoms with van der Waals surface area (Å²) in [7, 11) is 2.03. The second-order valence-corrected chi connectivity index (χ2v) is 6.08. The van der Waals surface area contributed by atoms with Crippen LogP contribution in [0.4, 0.5) is 0 Å². The fourth-order valence-corrected chi connectivity index (χ4v) is 3.55. The number of nitrogens with one attached hydrogen (secondary N) is 1. The molecule has 5 heteroatoms. The number of rotatable bonds is 5. The van der Waals surface area contributed by atoms with E-state index in [0.717, 1.165) is 23.1 Å². The fraction of sp³-hybridized carbons (Fsp3) is 0.571. The average Bonchev–Trinajstić information content (AvgIpc) is 3.15. The van der Waals surface area contributed by atoms with Gasteiger partial charge in [0.2, 0.25) is 11.7 Å². The summed E-state index contributed by atoms with van der Waals surface area (Å²) in [6.07, 6.45) is 6.18. The van der Waals surface area contributed by atoms with Crippen molar-refractivity contribution in [2.75, 3.05) is 7.05 Å². The standard InChI is InChI=1S/C14H19N3OS/c1-15-11(10-5-2-3-6-10)9-13-16-14(17-18-13)12-7-4-8-19-12/h4,7-8,10-11,15H,2-3,5-6,9H2,1H3. The fourth-order valence-electron chi connectivity index (χ4n) is 2.90. The van der Waals surface area contributed by atoms with Crippen LogP contribution in [0.5, 0.6) is 0 Å². The van der Waals surface area contributed by atoms with Gasteiger partial charge in [-0.1, -0.05) is 24.1 Å². The van der Waals surface area contributed by atoms with Gasteiger partial charge in [-0.25, -0.2) is 0 Å². The van der Waals surface area contributed by atoms with Gasteiger partial charge in [-0.15, -0.1) is 11.3 Å². The van der Waals surface area contributed by atoms with E-state index in [9.17, 15) is 0 Å². The molecule has 0 amide bonds. The second-order valence-electron chi connectivity index (χ2n) is 5.13. The van der Waals surface area contributed by atoms with Gasteiger partial charge in [0, 0.05) is 12.5 Å². The van der Waals surface area contributed by atoms with E-state index in [2.05, 4.69) is 15.5 Å². The number of hydrogen-bond acceptors (Lipinski definition) is 5. The quantitative estimate of drug-likeness (QED) is 0.912. The Labute approximate surface area is 117 Å². The van der Waals surface area contributed by atoms with Gasteiger partial charge in [0.05, 0.1) is 4.88 Å². The lowest BCUT2D eigenvalue weighted by atomic mass is 9.95. The summed E-state index contributed by atoms with van der Waals surface area (Å²) < 4.78 is 5.39. The van der Waals surface area contributed by atoms with Crippen molar-refractivity contribution in [3.05, 3.63) is 23.4 Å². The highest BCUT2D eigenvalue weighted by molar-refractivity contribution is 7.13. The molecule has 0 radical (unpaired) electrons. The van der Waals surface area contributed by atoms with E-state index < -0.39 is 0 Å². The molecule has 4 nitrogen and oxygen atoms in total. The normalized spacial score (nSPS) is 17.9. The molecule has 1 atom stereocenters. The zero-order chi connectivity index (χ0) is 13.1. The minimum atomic E-state index is 0.458. The van der Waals surface area contributed by atoms with Gasteiger partial charge in [-0.2, -0.15) is 4.98 Å². The molecule has 0 bridgehead atoms. The lowest BCUT2D eigenvalue weighted by Gasteiger charge is -2.20. The highest BCUT2D eigenvalue weighted by Gasteiger charge is 2.25. The summed E-state index contributed by atoms with van der Waals surface area (Å²) in [6, 6.07) is 4.48. The minimum absolute atomic E-state index is 0.458. The Balaban J connectivity index is 1.68. The minimum Gasteiger partial charge on any atom is -0.339 e. The van der Waals surface area contributed by atoms with Gasteiger partial charge in [0.1, 0.15) is 0 Å². The monoisotopic (exact) mass is 277 g/mol. The summed E-state index contributed by atoms with van der Waals surface area (Å²) in [5, 5.41) is 9.51. The van der Waals surface area contributed by atoms with Crippen molar-refractivity contribution in [3.8, 4) is 10.7 Å². The Kier molecular flexibility index (Phi) is 3.94. The van der Waals surface area contributed by atoms with Crippen molar-refractivity contribution in [3.63, 3.8) is 0 Å². The van der Waals surface area contributed by atoms with Crippen LogP contribution in [-0.4, -0.2) is 23.2 Å². The first kappa shape index (κ1) is 12.8. The molecular formula is C14H19N3OS. The van der Waals surface area contributed by atoms with Crippen molar-refractivity contribution in [2.45, 2.75) is 38.1 Å². The van der Waals surface area contributed by atoms with E-state index in [0.29, 0.717) is 11.9 Å².